The highest BCUT2D eigenvalue weighted by atomic mass is 79.9. The van der Waals surface area contributed by atoms with Crippen molar-refractivity contribution in [1.29, 1.82) is 0 Å². The van der Waals surface area contributed by atoms with Gasteiger partial charge in [0.1, 0.15) is 4.21 Å². The van der Waals surface area contributed by atoms with Crippen LogP contribution in [0.2, 0.25) is 4.34 Å². The molecule has 2 aromatic heterocycles. The van der Waals surface area contributed by atoms with E-state index in [0.717, 1.165) is 26.0 Å². The number of carbonyl (C=O) groups excluding carboxylic acids is 1. The standard InChI is InChI=1S/C21H24BrClN4O3S3/c1-25(2)10-11-27(21-24-16-6-5-15(22)12-17(16)31-21)20(28)14-4-3-9-26(13-14)33(29,30)19-8-7-18(23)32-19/h5-8,12,14H,3-4,9-11,13H2,1-2H3. The first-order chi connectivity index (χ1) is 15.6. The number of thiophene rings is 1. The molecule has 12 heteroatoms. The number of hydrogen-bond acceptors (Lipinski definition) is 7. The SMILES string of the molecule is CN(C)CCN(C(=O)C1CCCN(S(=O)(=O)c2ccc(Cl)s2)C1)c1nc2ccc(Br)cc2s1. The van der Waals surface area contributed by atoms with Gasteiger partial charge in [0.15, 0.2) is 5.13 Å². The largest absolute Gasteiger partial charge is 0.308 e. The predicted molar refractivity (Wildman–Crippen MR) is 139 cm³/mol. The number of benzene rings is 1. The fourth-order valence-electron chi connectivity index (χ4n) is 3.75. The van der Waals surface area contributed by atoms with Crippen molar-refractivity contribution >= 4 is 81.5 Å². The number of hydrogen-bond donors (Lipinski definition) is 0. The first-order valence-electron chi connectivity index (χ1n) is 10.4. The van der Waals surface area contributed by atoms with Gasteiger partial charge in [0.05, 0.1) is 20.5 Å². The maximum atomic E-state index is 13.7. The van der Waals surface area contributed by atoms with Crippen molar-refractivity contribution in [2.75, 3.05) is 45.2 Å². The summed E-state index contributed by atoms with van der Waals surface area (Å²) in [5.41, 5.74) is 0.836. The van der Waals surface area contributed by atoms with Crippen LogP contribution in [-0.4, -0.2) is 68.8 Å². The Morgan fingerprint density at radius 2 is 2.03 bits per heavy atom. The van der Waals surface area contributed by atoms with Crippen LogP contribution in [0, 0.1) is 5.92 Å². The van der Waals surface area contributed by atoms with Gasteiger partial charge in [-0.1, -0.05) is 38.9 Å². The Hall–Kier alpha value is -1.08. The number of amides is 1. The zero-order valence-corrected chi connectivity index (χ0v) is 23.0. The zero-order chi connectivity index (χ0) is 23.8. The molecule has 1 amide bonds. The van der Waals surface area contributed by atoms with E-state index < -0.39 is 15.9 Å². The van der Waals surface area contributed by atoms with Gasteiger partial charge in [0.2, 0.25) is 5.91 Å². The van der Waals surface area contributed by atoms with Crippen LogP contribution >= 0.6 is 50.2 Å². The van der Waals surface area contributed by atoms with E-state index in [4.69, 9.17) is 16.6 Å². The van der Waals surface area contributed by atoms with Crippen LogP contribution in [0.5, 0.6) is 0 Å². The number of rotatable bonds is 7. The normalized spacial score (nSPS) is 17.7. The predicted octanol–water partition coefficient (Wildman–Crippen LogP) is 4.77. The molecular weight excluding hydrogens is 568 g/mol. The Morgan fingerprint density at radius 3 is 2.73 bits per heavy atom. The van der Waals surface area contributed by atoms with Crippen molar-refractivity contribution in [2.24, 2.45) is 5.92 Å². The summed E-state index contributed by atoms with van der Waals surface area (Å²) in [5.74, 6) is -0.510. The molecule has 0 N–H and O–H groups in total. The van der Waals surface area contributed by atoms with E-state index >= 15 is 0 Å². The lowest BCUT2D eigenvalue weighted by molar-refractivity contribution is -0.123. The van der Waals surface area contributed by atoms with E-state index in [0.29, 0.717) is 41.9 Å². The quantitative estimate of drug-likeness (QED) is 0.396. The molecule has 0 saturated carbocycles. The fraction of sp³-hybridized carbons (Fsp3) is 0.429. The lowest BCUT2D eigenvalue weighted by Crippen LogP contribution is -2.48. The zero-order valence-electron chi connectivity index (χ0n) is 18.2. The molecule has 1 atom stereocenters. The van der Waals surface area contributed by atoms with E-state index in [1.807, 2.05) is 37.2 Å². The Bertz CT molecular complexity index is 1260. The third kappa shape index (κ3) is 5.61. The highest BCUT2D eigenvalue weighted by Crippen LogP contribution is 2.34. The van der Waals surface area contributed by atoms with Gasteiger partial charge in [0, 0.05) is 30.7 Å². The first kappa shape index (κ1) is 25.0. The third-order valence-electron chi connectivity index (χ3n) is 5.48. The topological polar surface area (TPSA) is 73.8 Å². The Kier molecular flexibility index (Phi) is 7.79. The molecule has 33 heavy (non-hydrogen) atoms. The summed E-state index contributed by atoms with van der Waals surface area (Å²) < 4.78 is 30.2. The van der Waals surface area contributed by atoms with Gasteiger partial charge < -0.3 is 4.90 Å². The average Bonchev–Trinajstić information content (AvgIpc) is 3.40. The van der Waals surface area contributed by atoms with Crippen molar-refractivity contribution in [1.82, 2.24) is 14.2 Å². The molecule has 4 rings (SSSR count). The highest BCUT2D eigenvalue weighted by Gasteiger charge is 2.36. The third-order valence-corrected chi connectivity index (χ3v) is 10.6. The summed E-state index contributed by atoms with van der Waals surface area (Å²) >= 11 is 12.0. The number of anilines is 1. The number of nitrogens with zero attached hydrogens (tertiary/aromatic N) is 4. The number of carbonyl (C=O) groups is 1. The molecule has 3 aromatic rings. The highest BCUT2D eigenvalue weighted by molar-refractivity contribution is 9.10. The molecule has 1 unspecified atom stereocenters. The number of likely N-dealkylation sites (N-methyl/N-ethyl adjacent to an activating group) is 1. The van der Waals surface area contributed by atoms with Crippen LogP contribution in [0.4, 0.5) is 5.13 Å². The first-order valence-corrected chi connectivity index (χ1v) is 14.7. The molecule has 1 saturated heterocycles. The summed E-state index contributed by atoms with van der Waals surface area (Å²) in [6.45, 7) is 1.71. The second-order valence-electron chi connectivity index (χ2n) is 8.16. The number of fused-ring (bicyclic) bond motifs is 1. The lowest BCUT2D eigenvalue weighted by Gasteiger charge is -2.33. The minimum Gasteiger partial charge on any atom is -0.308 e. The van der Waals surface area contributed by atoms with Gasteiger partial charge in [-0.05, 0) is 57.3 Å². The maximum absolute atomic E-state index is 13.7. The van der Waals surface area contributed by atoms with E-state index in [1.54, 1.807) is 11.0 Å². The molecular formula is C21H24BrClN4O3S3. The van der Waals surface area contributed by atoms with Crippen molar-refractivity contribution < 1.29 is 13.2 Å². The van der Waals surface area contributed by atoms with Crippen molar-refractivity contribution in [3.63, 3.8) is 0 Å². The van der Waals surface area contributed by atoms with Crippen LogP contribution in [0.15, 0.2) is 39.0 Å². The molecule has 1 aliphatic rings. The van der Waals surface area contributed by atoms with E-state index in [9.17, 15) is 13.2 Å². The molecule has 0 spiro atoms. The van der Waals surface area contributed by atoms with E-state index in [1.165, 1.54) is 21.7 Å². The van der Waals surface area contributed by atoms with Crippen molar-refractivity contribution in [2.45, 2.75) is 17.1 Å². The number of sulfonamides is 1. The monoisotopic (exact) mass is 590 g/mol. The molecule has 178 valence electrons. The van der Waals surface area contributed by atoms with Gasteiger partial charge >= 0.3 is 0 Å². The minimum absolute atomic E-state index is 0.0842. The maximum Gasteiger partial charge on any atom is 0.252 e. The van der Waals surface area contributed by atoms with Crippen LogP contribution in [-0.2, 0) is 14.8 Å². The van der Waals surface area contributed by atoms with Gasteiger partial charge in [-0.3, -0.25) is 9.69 Å². The van der Waals surface area contributed by atoms with Gasteiger partial charge in [-0.15, -0.1) is 11.3 Å². The number of piperidine rings is 1. The summed E-state index contributed by atoms with van der Waals surface area (Å²) in [6.07, 6.45) is 1.27. The van der Waals surface area contributed by atoms with Crippen LogP contribution in [0.3, 0.4) is 0 Å². The summed E-state index contributed by atoms with van der Waals surface area (Å²) in [5, 5.41) is 0.639. The molecule has 0 radical (unpaired) electrons. The Morgan fingerprint density at radius 1 is 1.24 bits per heavy atom. The van der Waals surface area contributed by atoms with Gasteiger partial charge in [-0.25, -0.2) is 13.4 Å². The molecule has 1 aliphatic heterocycles. The van der Waals surface area contributed by atoms with E-state index in [-0.39, 0.29) is 16.7 Å². The Labute approximate surface area is 215 Å². The van der Waals surface area contributed by atoms with Crippen LogP contribution in [0.25, 0.3) is 10.2 Å². The average molecular weight is 592 g/mol. The second-order valence-corrected chi connectivity index (χ2v) is 14.0. The van der Waals surface area contributed by atoms with Crippen molar-refractivity contribution in [3.05, 3.63) is 39.1 Å². The van der Waals surface area contributed by atoms with Crippen LogP contribution < -0.4 is 4.90 Å². The molecule has 3 heterocycles. The lowest BCUT2D eigenvalue weighted by atomic mass is 9.98. The molecule has 1 aromatic carbocycles. The fourth-order valence-corrected chi connectivity index (χ4v) is 8.46. The smallest absolute Gasteiger partial charge is 0.252 e. The Balaban J connectivity index is 1.59. The van der Waals surface area contributed by atoms with Gasteiger partial charge in [-0.2, -0.15) is 4.31 Å². The number of thiazole rings is 1. The summed E-state index contributed by atoms with van der Waals surface area (Å²) in [4.78, 5) is 22.1. The second kappa shape index (κ2) is 10.3. The number of halogens is 2. The van der Waals surface area contributed by atoms with Crippen LogP contribution in [0.1, 0.15) is 12.8 Å². The minimum atomic E-state index is -3.68. The molecule has 0 aliphatic carbocycles. The molecule has 7 nitrogen and oxygen atoms in total. The molecule has 1 fully saturated rings. The number of aromatic nitrogens is 1. The molecule has 0 bridgehead atoms. The van der Waals surface area contributed by atoms with Crippen molar-refractivity contribution in [3.8, 4) is 0 Å². The van der Waals surface area contributed by atoms with Gasteiger partial charge in [0.25, 0.3) is 10.0 Å². The summed E-state index contributed by atoms with van der Waals surface area (Å²) in [7, 11) is 0.236. The summed E-state index contributed by atoms with van der Waals surface area (Å²) in [6, 6.07) is 8.95. The van der Waals surface area contributed by atoms with E-state index in [2.05, 4.69) is 15.9 Å².